The number of amides is 1. The molecular weight excluding hydrogens is 418 g/mol. The summed E-state index contributed by atoms with van der Waals surface area (Å²) in [5.41, 5.74) is 1.50. The van der Waals surface area contributed by atoms with Gasteiger partial charge in [-0.3, -0.25) is 9.69 Å². The van der Waals surface area contributed by atoms with Crippen molar-refractivity contribution in [2.24, 2.45) is 0 Å². The highest BCUT2D eigenvalue weighted by Gasteiger charge is 2.33. The molecule has 1 saturated heterocycles. The van der Waals surface area contributed by atoms with Gasteiger partial charge in [-0.15, -0.1) is 0 Å². The number of thioether (sulfide) groups is 1. The Morgan fingerprint density at radius 3 is 2.50 bits per heavy atom. The quantitative estimate of drug-likeness (QED) is 0.374. The van der Waals surface area contributed by atoms with Crippen LogP contribution in [0, 0.1) is 0 Å². The number of thiocarbonyl (C=S) groups is 1. The van der Waals surface area contributed by atoms with Crippen molar-refractivity contribution in [2.75, 3.05) is 18.1 Å². The average molecular weight is 434 g/mol. The number of benzene rings is 2. The summed E-state index contributed by atoms with van der Waals surface area (Å²) in [6.07, 6.45) is 1.77. The molecule has 2 aromatic rings. The van der Waals surface area contributed by atoms with E-state index in [-0.39, 0.29) is 12.5 Å². The van der Waals surface area contributed by atoms with Crippen LogP contribution in [-0.4, -0.2) is 29.4 Å². The lowest BCUT2D eigenvalue weighted by molar-refractivity contribution is -0.145. The van der Waals surface area contributed by atoms with Crippen LogP contribution in [0.25, 0.3) is 6.08 Å². The number of carbonyl (C=O) groups is 2. The van der Waals surface area contributed by atoms with E-state index in [1.165, 1.54) is 16.7 Å². The molecule has 144 valence electrons. The first-order valence-electron chi connectivity index (χ1n) is 8.40. The first-order valence-corrected chi connectivity index (χ1v) is 10.00. The van der Waals surface area contributed by atoms with Gasteiger partial charge in [0, 0.05) is 5.02 Å². The molecule has 0 saturated carbocycles. The Hall–Kier alpha value is -2.35. The molecule has 5 nitrogen and oxygen atoms in total. The van der Waals surface area contributed by atoms with Crippen LogP contribution in [0.15, 0.2) is 53.4 Å². The summed E-state index contributed by atoms with van der Waals surface area (Å²) in [4.78, 5) is 26.1. The Labute approximate surface area is 177 Å². The van der Waals surface area contributed by atoms with Gasteiger partial charge in [0.1, 0.15) is 5.75 Å². The normalized spacial score (nSPS) is 15.2. The Kier molecular flexibility index (Phi) is 6.72. The number of ether oxygens (including phenoxy) is 2. The van der Waals surface area contributed by atoms with Gasteiger partial charge in [0.15, 0.2) is 10.9 Å². The molecule has 3 rings (SSSR count). The van der Waals surface area contributed by atoms with Gasteiger partial charge in [0.2, 0.25) is 0 Å². The maximum atomic E-state index is 12.8. The van der Waals surface area contributed by atoms with Gasteiger partial charge in [-0.25, -0.2) is 4.79 Å². The van der Waals surface area contributed by atoms with Crippen molar-refractivity contribution >= 4 is 63.5 Å². The highest BCUT2D eigenvalue weighted by Crippen LogP contribution is 2.36. The van der Waals surface area contributed by atoms with E-state index < -0.39 is 5.97 Å². The van der Waals surface area contributed by atoms with Crippen molar-refractivity contribution in [3.8, 4) is 5.75 Å². The predicted octanol–water partition coefficient (Wildman–Crippen LogP) is 4.69. The third-order valence-corrected chi connectivity index (χ3v) is 5.27. The van der Waals surface area contributed by atoms with Crippen molar-refractivity contribution in [1.82, 2.24) is 0 Å². The van der Waals surface area contributed by atoms with Gasteiger partial charge in [-0.1, -0.05) is 47.7 Å². The lowest BCUT2D eigenvalue weighted by atomic mass is 10.2. The maximum Gasteiger partial charge on any atom is 0.344 e. The summed E-state index contributed by atoms with van der Waals surface area (Å²) in [5, 5.41) is 0.593. The Morgan fingerprint density at radius 2 is 1.86 bits per heavy atom. The zero-order valence-electron chi connectivity index (χ0n) is 14.9. The molecular formula is C20H16ClNO4S2. The van der Waals surface area contributed by atoms with Crippen LogP contribution in [0.4, 0.5) is 5.69 Å². The molecule has 8 heteroatoms. The minimum Gasteiger partial charge on any atom is -0.482 e. The van der Waals surface area contributed by atoms with Crippen molar-refractivity contribution in [1.29, 1.82) is 0 Å². The largest absolute Gasteiger partial charge is 0.482 e. The summed E-state index contributed by atoms with van der Waals surface area (Å²) in [6, 6.07) is 14.0. The fourth-order valence-electron chi connectivity index (χ4n) is 2.44. The third kappa shape index (κ3) is 4.92. The second-order valence-corrected chi connectivity index (χ2v) is 7.77. The van der Waals surface area contributed by atoms with E-state index in [0.717, 1.165) is 5.56 Å². The first kappa shape index (κ1) is 20.4. The first-order chi connectivity index (χ1) is 13.5. The summed E-state index contributed by atoms with van der Waals surface area (Å²) >= 11 is 12.5. The number of anilines is 1. The molecule has 0 aliphatic carbocycles. The van der Waals surface area contributed by atoms with Gasteiger partial charge in [0.25, 0.3) is 5.91 Å². The van der Waals surface area contributed by atoms with Crippen LogP contribution in [0.3, 0.4) is 0 Å². The number of esters is 1. The highest BCUT2D eigenvalue weighted by atomic mass is 35.5. The third-order valence-electron chi connectivity index (χ3n) is 3.72. The number of hydrogen-bond acceptors (Lipinski definition) is 6. The molecule has 0 aromatic heterocycles. The van der Waals surface area contributed by atoms with Crippen LogP contribution in [-0.2, 0) is 14.3 Å². The zero-order chi connectivity index (χ0) is 20.1. The van der Waals surface area contributed by atoms with Crippen molar-refractivity contribution in [3.05, 3.63) is 64.0 Å². The van der Waals surface area contributed by atoms with E-state index >= 15 is 0 Å². The van der Waals surface area contributed by atoms with E-state index in [1.54, 1.807) is 61.5 Å². The average Bonchev–Trinajstić information content (AvgIpc) is 2.95. The molecule has 0 bridgehead atoms. The second kappa shape index (κ2) is 9.23. The fourth-order valence-corrected chi connectivity index (χ4v) is 3.86. The zero-order valence-corrected chi connectivity index (χ0v) is 17.3. The number of hydrogen-bond donors (Lipinski definition) is 0. The minimum atomic E-state index is -0.419. The molecule has 0 atom stereocenters. The van der Waals surface area contributed by atoms with E-state index in [2.05, 4.69) is 0 Å². The molecule has 0 N–H and O–H groups in total. The monoisotopic (exact) mass is 433 g/mol. The summed E-state index contributed by atoms with van der Waals surface area (Å²) < 4.78 is 10.6. The fraction of sp³-hybridized carbons (Fsp3) is 0.150. The standard InChI is InChI=1S/C20H16ClNO4S2/c1-2-25-18(23)12-26-16-9-3-13(4-10-16)11-17-19(24)22(20(27)28-17)15-7-5-14(21)6-8-15/h3-11H,2,12H2,1H3/b17-11+. The topological polar surface area (TPSA) is 55.8 Å². The van der Waals surface area contributed by atoms with Crippen molar-refractivity contribution in [3.63, 3.8) is 0 Å². The molecule has 1 aliphatic rings. The smallest absolute Gasteiger partial charge is 0.344 e. The Morgan fingerprint density at radius 1 is 1.18 bits per heavy atom. The van der Waals surface area contributed by atoms with Crippen LogP contribution in [0.1, 0.15) is 12.5 Å². The van der Waals surface area contributed by atoms with E-state index in [9.17, 15) is 9.59 Å². The van der Waals surface area contributed by atoms with Crippen molar-refractivity contribution < 1.29 is 19.1 Å². The van der Waals surface area contributed by atoms with Crippen LogP contribution in [0.5, 0.6) is 5.75 Å². The minimum absolute atomic E-state index is 0.146. The van der Waals surface area contributed by atoms with Crippen molar-refractivity contribution in [2.45, 2.75) is 6.92 Å². The molecule has 1 heterocycles. The molecule has 1 amide bonds. The number of rotatable bonds is 6. The van der Waals surface area contributed by atoms with Crippen LogP contribution < -0.4 is 9.64 Å². The SMILES string of the molecule is CCOC(=O)COc1ccc(/C=C2/SC(=S)N(c3ccc(Cl)cc3)C2=O)cc1. The van der Waals surface area contributed by atoms with Gasteiger partial charge in [-0.2, -0.15) is 0 Å². The van der Waals surface area contributed by atoms with Crippen LogP contribution >= 0.6 is 35.6 Å². The molecule has 1 aliphatic heterocycles. The predicted molar refractivity (Wildman–Crippen MR) is 116 cm³/mol. The van der Waals surface area contributed by atoms with E-state index in [1.807, 2.05) is 0 Å². The molecule has 0 unspecified atom stereocenters. The number of nitrogens with zero attached hydrogens (tertiary/aromatic N) is 1. The summed E-state index contributed by atoms with van der Waals surface area (Å²) in [6.45, 7) is 1.91. The molecule has 28 heavy (non-hydrogen) atoms. The van der Waals surface area contributed by atoms with E-state index in [4.69, 9.17) is 33.3 Å². The van der Waals surface area contributed by atoms with Gasteiger partial charge < -0.3 is 9.47 Å². The molecule has 0 spiro atoms. The summed E-state index contributed by atoms with van der Waals surface area (Å²) in [7, 11) is 0. The summed E-state index contributed by atoms with van der Waals surface area (Å²) in [5.74, 6) is -0.0590. The van der Waals surface area contributed by atoms with Gasteiger partial charge in [0.05, 0.1) is 17.2 Å². The maximum absolute atomic E-state index is 12.8. The molecule has 0 radical (unpaired) electrons. The second-order valence-electron chi connectivity index (χ2n) is 5.66. The molecule has 1 fully saturated rings. The van der Waals surface area contributed by atoms with Crippen LogP contribution in [0.2, 0.25) is 5.02 Å². The number of halogens is 1. The van der Waals surface area contributed by atoms with Gasteiger partial charge >= 0.3 is 5.97 Å². The highest BCUT2D eigenvalue weighted by molar-refractivity contribution is 8.27. The lowest BCUT2D eigenvalue weighted by Crippen LogP contribution is -2.27. The Balaban J connectivity index is 1.69. The number of carbonyl (C=O) groups excluding carboxylic acids is 2. The lowest BCUT2D eigenvalue weighted by Gasteiger charge is -2.14. The van der Waals surface area contributed by atoms with E-state index in [0.29, 0.717) is 32.3 Å². The molecule has 2 aromatic carbocycles. The van der Waals surface area contributed by atoms with Gasteiger partial charge in [-0.05, 0) is 55.0 Å². The Bertz CT molecular complexity index is 926.